The zero-order valence-corrected chi connectivity index (χ0v) is 11.6. The summed E-state index contributed by atoms with van der Waals surface area (Å²) in [5, 5.41) is 2.99. The van der Waals surface area contributed by atoms with Crippen LogP contribution in [-0.4, -0.2) is 12.5 Å². The van der Waals surface area contributed by atoms with E-state index in [1.807, 2.05) is 0 Å². The molecule has 0 radical (unpaired) electrons. The summed E-state index contributed by atoms with van der Waals surface area (Å²) in [5.74, 6) is 0.547. The van der Waals surface area contributed by atoms with Crippen LogP contribution >= 0.6 is 0 Å². The Hall–Kier alpha value is -1.29. The molecule has 102 valence electrons. The van der Waals surface area contributed by atoms with Gasteiger partial charge in [0.15, 0.2) is 0 Å². The van der Waals surface area contributed by atoms with E-state index in [2.05, 4.69) is 26.1 Å². The maximum atomic E-state index is 12.0. The quantitative estimate of drug-likeness (QED) is 0.784. The van der Waals surface area contributed by atoms with Gasteiger partial charge in [-0.2, -0.15) is 0 Å². The highest BCUT2D eigenvalue weighted by atomic mass is 16.3. The standard InChI is InChI=1S/C14H24N2O2/c1-4-14(5-2,6-3)10-16-13(17)11-7-12(8-15)18-9-11/h7,9H,4-6,8,10,15H2,1-3H3,(H,16,17). The van der Waals surface area contributed by atoms with Gasteiger partial charge in [0.2, 0.25) is 0 Å². The molecular weight excluding hydrogens is 228 g/mol. The monoisotopic (exact) mass is 252 g/mol. The molecule has 0 saturated carbocycles. The minimum Gasteiger partial charge on any atom is -0.467 e. The SMILES string of the molecule is CCC(CC)(CC)CNC(=O)c1coc(CN)c1. The average Bonchev–Trinajstić information content (AvgIpc) is 2.89. The van der Waals surface area contributed by atoms with Crippen molar-refractivity contribution in [3.05, 3.63) is 23.7 Å². The lowest BCUT2D eigenvalue weighted by molar-refractivity contribution is 0.0923. The summed E-state index contributed by atoms with van der Waals surface area (Å²) in [6.45, 7) is 7.53. The molecular formula is C14H24N2O2. The summed E-state index contributed by atoms with van der Waals surface area (Å²) in [6.07, 6.45) is 4.67. The van der Waals surface area contributed by atoms with Crippen molar-refractivity contribution in [3.63, 3.8) is 0 Å². The van der Waals surface area contributed by atoms with Crippen LogP contribution in [0.2, 0.25) is 0 Å². The van der Waals surface area contributed by atoms with E-state index in [4.69, 9.17) is 10.2 Å². The van der Waals surface area contributed by atoms with E-state index in [0.717, 1.165) is 19.3 Å². The second kappa shape index (κ2) is 6.59. The van der Waals surface area contributed by atoms with Gasteiger partial charge < -0.3 is 15.5 Å². The fraction of sp³-hybridized carbons (Fsp3) is 0.643. The summed E-state index contributed by atoms with van der Waals surface area (Å²) in [5.41, 5.74) is 6.20. The van der Waals surface area contributed by atoms with Gasteiger partial charge in [-0.1, -0.05) is 20.8 Å². The molecule has 0 bridgehead atoms. The number of carbonyl (C=O) groups is 1. The molecule has 4 heteroatoms. The fourth-order valence-corrected chi connectivity index (χ4v) is 2.10. The van der Waals surface area contributed by atoms with Crippen LogP contribution < -0.4 is 11.1 Å². The molecule has 4 nitrogen and oxygen atoms in total. The van der Waals surface area contributed by atoms with Gasteiger partial charge in [-0.15, -0.1) is 0 Å². The summed E-state index contributed by atoms with van der Waals surface area (Å²) >= 11 is 0. The highest BCUT2D eigenvalue weighted by Gasteiger charge is 2.24. The molecule has 0 spiro atoms. The summed E-state index contributed by atoms with van der Waals surface area (Å²) in [7, 11) is 0. The van der Waals surface area contributed by atoms with E-state index < -0.39 is 0 Å². The number of rotatable bonds is 7. The Bertz CT molecular complexity index is 373. The van der Waals surface area contributed by atoms with E-state index in [-0.39, 0.29) is 11.3 Å². The van der Waals surface area contributed by atoms with Crippen molar-refractivity contribution in [1.82, 2.24) is 5.32 Å². The second-order valence-electron chi connectivity index (χ2n) is 4.75. The highest BCUT2D eigenvalue weighted by Crippen LogP contribution is 2.29. The predicted octanol–water partition coefficient (Wildman–Crippen LogP) is 2.68. The number of furan rings is 1. The van der Waals surface area contributed by atoms with Crippen molar-refractivity contribution >= 4 is 5.91 Å². The number of carbonyl (C=O) groups excluding carboxylic acids is 1. The number of hydrogen-bond acceptors (Lipinski definition) is 3. The highest BCUT2D eigenvalue weighted by molar-refractivity contribution is 5.93. The molecule has 0 atom stereocenters. The van der Waals surface area contributed by atoms with E-state index in [1.54, 1.807) is 6.07 Å². The van der Waals surface area contributed by atoms with Crippen molar-refractivity contribution < 1.29 is 9.21 Å². The first-order chi connectivity index (χ1) is 8.60. The Morgan fingerprint density at radius 1 is 1.33 bits per heavy atom. The lowest BCUT2D eigenvalue weighted by atomic mass is 9.80. The van der Waals surface area contributed by atoms with Crippen LogP contribution in [0.4, 0.5) is 0 Å². The molecule has 0 saturated heterocycles. The van der Waals surface area contributed by atoms with Crippen LogP contribution in [0.5, 0.6) is 0 Å². The first kappa shape index (κ1) is 14.8. The number of nitrogens with two attached hydrogens (primary N) is 1. The molecule has 3 N–H and O–H groups in total. The smallest absolute Gasteiger partial charge is 0.254 e. The van der Waals surface area contributed by atoms with Gasteiger partial charge in [-0.25, -0.2) is 0 Å². The van der Waals surface area contributed by atoms with Gasteiger partial charge in [0.25, 0.3) is 5.91 Å². The van der Waals surface area contributed by atoms with Crippen LogP contribution in [0.1, 0.15) is 56.2 Å². The first-order valence-electron chi connectivity index (χ1n) is 6.66. The normalized spacial score (nSPS) is 11.6. The van der Waals surface area contributed by atoms with Gasteiger partial charge in [-0.05, 0) is 30.7 Å². The van der Waals surface area contributed by atoms with Gasteiger partial charge >= 0.3 is 0 Å². The van der Waals surface area contributed by atoms with E-state index in [9.17, 15) is 4.79 Å². The van der Waals surface area contributed by atoms with Gasteiger partial charge in [0, 0.05) is 6.54 Å². The third-order valence-electron chi connectivity index (χ3n) is 3.99. The van der Waals surface area contributed by atoms with Crippen LogP contribution in [0.3, 0.4) is 0 Å². The summed E-state index contributed by atoms with van der Waals surface area (Å²) in [6, 6.07) is 1.70. The molecule has 0 unspecified atom stereocenters. The minimum atomic E-state index is -0.0850. The van der Waals surface area contributed by atoms with Crippen molar-refractivity contribution in [3.8, 4) is 0 Å². The largest absolute Gasteiger partial charge is 0.467 e. The minimum absolute atomic E-state index is 0.0850. The Balaban J connectivity index is 2.59. The van der Waals surface area contributed by atoms with Gasteiger partial charge in [0.05, 0.1) is 12.1 Å². The van der Waals surface area contributed by atoms with E-state index in [1.165, 1.54) is 6.26 Å². The van der Waals surface area contributed by atoms with E-state index >= 15 is 0 Å². The van der Waals surface area contributed by atoms with Crippen molar-refractivity contribution in [2.75, 3.05) is 6.54 Å². The predicted molar refractivity (Wildman–Crippen MR) is 72.2 cm³/mol. The molecule has 0 aromatic carbocycles. The van der Waals surface area contributed by atoms with E-state index in [0.29, 0.717) is 24.4 Å². The third-order valence-corrected chi connectivity index (χ3v) is 3.99. The topological polar surface area (TPSA) is 68.3 Å². The third kappa shape index (κ3) is 3.35. The fourth-order valence-electron chi connectivity index (χ4n) is 2.10. The number of amides is 1. The van der Waals surface area contributed by atoms with Crippen LogP contribution in [0, 0.1) is 5.41 Å². The molecule has 1 rings (SSSR count). The Morgan fingerprint density at radius 3 is 2.39 bits per heavy atom. The van der Waals surface area contributed by atoms with Crippen LogP contribution in [0.15, 0.2) is 16.7 Å². The Kier molecular flexibility index (Phi) is 5.41. The van der Waals surface area contributed by atoms with Crippen LogP contribution in [-0.2, 0) is 6.54 Å². The summed E-state index contributed by atoms with van der Waals surface area (Å²) in [4.78, 5) is 12.0. The molecule has 0 fully saturated rings. The summed E-state index contributed by atoms with van der Waals surface area (Å²) < 4.78 is 5.16. The number of nitrogens with one attached hydrogen (secondary N) is 1. The molecule has 0 aliphatic rings. The maximum Gasteiger partial charge on any atom is 0.254 e. The van der Waals surface area contributed by atoms with Gasteiger partial charge in [-0.3, -0.25) is 4.79 Å². The lowest BCUT2D eigenvalue weighted by Crippen LogP contribution is -2.36. The van der Waals surface area contributed by atoms with Crippen molar-refractivity contribution in [2.24, 2.45) is 11.1 Å². The molecule has 0 aliphatic carbocycles. The number of hydrogen-bond donors (Lipinski definition) is 2. The molecule has 1 amide bonds. The van der Waals surface area contributed by atoms with Crippen LogP contribution in [0.25, 0.3) is 0 Å². The average molecular weight is 252 g/mol. The second-order valence-corrected chi connectivity index (χ2v) is 4.75. The molecule has 0 aliphatic heterocycles. The molecule has 1 heterocycles. The lowest BCUT2D eigenvalue weighted by Gasteiger charge is -2.30. The molecule has 1 aromatic heterocycles. The zero-order chi connectivity index (χ0) is 13.6. The molecule has 1 aromatic rings. The first-order valence-corrected chi connectivity index (χ1v) is 6.66. The van der Waals surface area contributed by atoms with Crippen molar-refractivity contribution in [2.45, 2.75) is 46.6 Å². The Labute approximate surface area is 109 Å². The zero-order valence-electron chi connectivity index (χ0n) is 11.6. The van der Waals surface area contributed by atoms with Gasteiger partial charge in [0.1, 0.15) is 12.0 Å². The van der Waals surface area contributed by atoms with Crippen molar-refractivity contribution in [1.29, 1.82) is 0 Å². The molecule has 18 heavy (non-hydrogen) atoms. The maximum absolute atomic E-state index is 12.0. The Morgan fingerprint density at radius 2 is 1.94 bits per heavy atom.